The molecular formula is C14H9Cl2N3. The van der Waals surface area contributed by atoms with Gasteiger partial charge in [0, 0.05) is 0 Å². The number of nitrogens with two attached hydrogens (primary N) is 1. The molecule has 3 nitrogen and oxygen atoms in total. The Morgan fingerprint density at radius 2 is 1.79 bits per heavy atom. The molecule has 0 saturated heterocycles. The van der Waals surface area contributed by atoms with Gasteiger partial charge in [0.15, 0.2) is 0 Å². The summed E-state index contributed by atoms with van der Waals surface area (Å²) in [5.41, 5.74) is 8.63. The minimum absolute atomic E-state index is 0.451. The number of benzene rings is 2. The molecule has 2 aromatic carbocycles. The lowest BCUT2D eigenvalue weighted by Crippen LogP contribution is -1.95. The average molecular weight is 290 g/mol. The van der Waals surface area contributed by atoms with E-state index in [-0.39, 0.29) is 0 Å². The first-order chi connectivity index (χ1) is 9.16. The number of rotatable bonds is 1. The number of fused-ring (bicyclic) bond motifs is 1. The van der Waals surface area contributed by atoms with Crippen LogP contribution in [0.3, 0.4) is 0 Å². The van der Waals surface area contributed by atoms with Crippen LogP contribution in [-0.2, 0) is 0 Å². The second-order valence-electron chi connectivity index (χ2n) is 4.09. The molecule has 0 aliphatic rings. The molecule has 5 heteroatoms. The molecule has 0 fully saturated rings. The van der Waals surface area contributed by atoms with Crippen LogP contribution in [-0.4, -0.2) is 9.97 Å². The summed E-state index contributed by atoms with van der Waals surface area (Å²) in [6.45, 7) is 0. The zero-order chi connectivity index (χ0) is 13.4. The van der Waals surface area contributed by atoms with Crippen LogP contribution in [0.5, 0.6) is 0 Å². The minimum Gasteiger partial charge on any atom is -0.383 e. The molecule has 0 saturated carbocycles. The second-order valence-corrected chi connectivity index (χ2v) is 4.90. The van der Waals surface area contributed by atoms with Gasteiger partial charge >= 0.3 is 0 Å². The molecule has 0 amide bonds. The van der Waals surface area contributed by atoms with Gasteiger partial charge < -0.3 is 5.73 Å². The number of hydrogen-bond acceptors (Lipinski definition) is 3. The Kier molecular flexibility index (Phi) is 3.01. The summed E-state index contributed by atoms with van der Waals surface area (Å²) in [7, 11) is 0. The highest BCUT2D eigenvalue weighted by Gasteiger charge is 2.09. The highest BCUT2D eigenvalue weighted by atomic mass is 35.5. The normalized spacial score (nSPS) is 10.8. The number of nitrogens with zero attached hydrogens (tertiary/aromatic N) is 2. The van der Waals surface area contributed by atoms with Gasteiger partial charge in [0.2, 0.25) is 0 Å². The number of aromatic nitrogens is 2. The predicted molar refractivity (Wildman–Crippen MR) is 79.4 cm³/mol. The Bertz CT molecular complexity index is 766. The van der Waals surface area contributed by atoms with E-state index in [4.69, 9.17) is 28.9 Å². The van der Waals surface area contributed by atoms with Gasteiger partial charge in [0.1, 0.15) is 12.1 Å². The Hall–Kier alpha value is -1.84. The van der Waals surface area contributed by atoms with Crippen molar-refractivity contribution in [3.05, 3.63) is 52.8 Å². The van der Waals surface area contributed by atoms with Crippen molar-refractivity contribution in [1.82, 2.24) is 9.97 Å². The maximum Gasteiger partial charge on any atom is 0.135 e. The summed E-state index contributed by atoms with van der Waals surface area (Å²) in [5, 5.41) is 1.85. The standard InChI is InChI=1S/C14H9Cl2N3/c15-10-5-4-8(6-11(10)16)9-2-1-3-12-13(9)14(17)19-7-18-12/h1-7H,(H2,17,18,19). The van der Waals surface area contributed by atoms with Crippen molar-refractivity contribution < 1.29 is 0 Å². The molecule has 1 heterocycles. The van der Waals surface area contributed by atoms with Crippen LogP contribution in [0.1, 0.15) is 0 Å². The van der Waals surface area contributed by atoms with Gasteiger partial charge in [0.25, 0.3) is 0 Å². The third kappa shape index (κ3) is 2.11. The van der Waals surface area contributed by atoms with Crippen LogP contribution >= 0.6 is 23.2 Å². The fraction of sp³-hybridized carbons (Fsp3) is 0. The van der Waals surface area contributed by atoms with Gasteiger partial charge in [-0.05, 0) is 29.3 Å². The summed E-state index contributed by atoms with van der Waals surface area (Å²) in [4.78, 5) is 8.26. The first-order valence-corrected chi connectivity index (χ1v) is 6.37. The third-order valence-electron chi connectivity index (χ3n) is 2.92. The van der Waals surface area contributed by atoms with Gasteiger partial charge in [-0.15, -0.1) is 0 Å². The first kappa shape index (κ1) is 12.2. The summed E-state index contributed by atoms with van der Waals surface area (Å²) in [5.74, 6) is 0.451. The molecule has 1 aromatic heterocycles. The Labute approximate surface area is 120 Å². The van der Waals surface area contributed by atoms with Crippen molar-refractivity contribution >= 4 is 39.9 Å². The van der Waals surface area contributed by atoms with Crippen LogP contribution < -0.4 is 5.73 Å². The van der Waals surface area contributed by atoms with Crippen LogP contribution in [0.25, 0.3) is 22.0 Å². The quantitative estimate of drug-likeness (QED) is 0.731. The maximum atomic E-state index is 6.06. The monoisotopic (exact) mass is 289 g/mol. The van der Waals surface area contributed by atoms with Crippen molar-refractivity contribution in [1.29, 1.82) is 0 Å². The topological polar surface area (TPSA) is 51.8 Å². The van der Waals surface area contributed by atoms with E-state index in [2.05, 4.69) is 9.97 Å². The second kappa shape index (κ2) is 4.68. The summed E-state index contributed by atoms with van der Waals surface area (Å²) in [6, 6.07) is 11.3. The smallest absolute Gasteiger partial charge is 0.135 e. The van der Waals surface area contributed by atoms with E-state index in [0.717, 1.165) is 22.0 Å². The lowest BCUT2D eigenvalue weighted by atomic mass is 10.0. The summed E-state index contributed by atoms with van der Waals surface area (Å²) < 4.78 is 0. The van der Waals surface area contributed by atoms with E-state index in [9.17, 15) is 0 Å². The molecule has 2 N–H and O–H groups in total. The molecule has 3 rings (SSSR count). The number of nitrogen functional groups attached to an aromatic ring is 1. The third-order valence-corrected chi connectivity index (χ3v) is 3.66. The van der Waals surface area contributed by atoms with Gasteiger partial charge in [-0.25, -0.2) is 9.97 Å². The van der Waals surface area contributed by atoms with E-state index in [0.29, 0.717) is 15.9 Å². The van der Waals surface area contributed by atoms with E-state index < -0.39 is 0 Å². The molecule has 0 aliphatic carbocycles. The molecular weight excluding hydrogens is 281 g/mol. The summed E-state index contributed by atoms with van der Waals surface area (Å²) >= 11 is 12.0. The van der Waals surface area contributed by atoms with Gasteiger partial charge in [-0.3, -0.25) is 0 Å². The van der Waals surface area contributed by atoms with E-state index >= 15 is 0 Å². The molecule has 0 atom stereocenters. The van der Waals surface area contributed by atoms with Crippen molar-refractivity contribution in [3.63, 3.8) is 0 Å². The van der Waals surface area contributed by atoms with E-state index in [1.165, 1.54) is 6.33 Å². The highest BCUT2D eigenvalue weighted by Crippen LogP contribution is 2.33. The largest absolute Gasteiger partial charge is 0.383 e. The zero-order valence-electron chi connectivity index (χ0n) is 9.77. The SMILES string of the molecule is Nc1ncnc2cccc(-c3ccc(Cl)c(Cl)c3)c12. The molecule has 19 heavy (non-hydrogen) atoms. The van der Waals surface area contributed by atoms with Crippen molar-refractivity contribution in [2.24, 2.45) is 0 Å². The lowest BCUT2D eigenvalue weighted by Gasteiger charge is -2.08. The molecule has 0 radical (unpaired) electrons. The molecule has 3 aromatic rings. The fourth-order valence-electron chi connectivity index (χ4n) is 2.04. The number of hydrogen-bond donors (Lipinski definition) is 1. The van der Waals surface area contributed by atoms with Gasteiger partial charge in [-0.2, -0.15) is 0 Å². The maximum absolute atomic E-state index is 6.06. The van der Waals surface area contributed by atoms with Crippen LogP contribution in [0.2, 0.25) is 10.0 Å². The van der Waals surface area contributed by atoms with Crippen molar-refractivity contribution in [3.8, 4) is 11.1 Å². The molecule has 0 unspecified atom stereocenters. The Balaban J connectivity index is 2.33. The molecule has 0 bridgehead atoms. The molecule has 0 aliphatic heterocycles. The Morgan fingerprint density at radius 3 is 2.58 bits per heavy atom. The minimum atomic E-state index is 0.451. The Morgan fingerprint density at radius 1 is 0.947 bits per heavy atom. The van der Waals surface area contributed by atoms with Gasteiger partial charge in [-0.1, -0.05) is 41.4 Å². The number of anilines is 1. The van der Waals surface area contributed by atoms with Crippen molar-refractivity contribution in [2.75, 3.05) is 5.73 Å². The first-order valence-electron chi connectivity index (χ1n) is 5.61. The molecule has 0 spiro atoms. The van der Waals surface area contributed by atoms with Gasteiger partial charge in [0.05, 0.1) is 20.9 Å². The van der Waals surface area contributed by atoms with Crippen molar-refractivity contribution in [2.45, 2.75) is 0 Å². The number of halogens is 2. The molecule has 94 valence electrons. The van der Waals surface area contributed by atoms with Crippen LogP contribution in [0.15, 0.2) is 42.7 Å². The van der Waals surface area contributed by atoms with Crippen LogP contribution in [0, 0.1) is 0 Å². The highest BCUT2D eigenvalue weighted by molar-refractivity contribution is 6.42. The van der Waals surface area contributed by atoms with Crippen LogP contribution in [0.4, 0.5) is 5.82 Å². The van der Waals surface area contributed by atoms with E-state index in [1.807, 2.05) is 30.3 Å². The fourth-order valence-corrected chi connectivity index (χ4v) is 2.34. The summed E-state index contributed by atoms with van der Waals surface area (Å²) in [6.07, 6.45) is 1.45. The average Bonchev–Trinajstić information content (AvgIpc) is 2.42. The zero-order valence-corrected chi connectivity index (χ0v) is 11.3. The predicted octanol–water partition coefficient (Wildman–Crippen LogP) is 4.19. The van der Waals surface area contributed by atoms with E-state index in [1.54, 1.807) is 6.07 Å². The lowest BCUT2D eigenvalue weighted by molar-refractivity contribution is 1.23.